The van der Waals surface area contributed by atoms with E-state index in [9.17, 15) is 10.1 Å². The Balaban J connectivity index is 2.53. The lowest BCUT2D eigenvalue weighted by molar-refractivity contribution is -0.138. The van der Waals surface area contributed by atoms with Crippen molar-refractivity contribution in [3.05, 3.63) is 42.0 Å². The lowest BCUT2D eigenvalue weighted by Crippen LogP contribution is -2.31. The van der Waals surface area contributed by atoms with Crippen molar-refractivity contribution in [1.29, 1.82) is 5.26 Å². The number of nitrogens with zero attached hydrogens (tertiary/aromatic N) is 2. The van der Waals surface area contributed by atoms with Crippen LogP contribution in [0, 0.1) is 11.3 Å². The van der Waals surface area contributed by atoms with Crippen LogP contribution >= 0.6 is 0 Å². The van der Waals surface area contributed by atoms with Crippen molar-refractivity contribution in [1.82, 2.24) is 0 Å². The van der Waals surface area contributed by atoms with Gasteiger partial charge in [-0.05, 0) is 18.6 Å². The van der Waals surface area contributed by atoms with E-state index in [1.807, 2.05) is 35.2 Å². The second kappa shape index (κ2) is 6.76. The molecule has 0 amide bonds. The number of benzene rings is 2. The van der Waals surface area contributed by atoms with Gasteiger partial charge in [-0.25, -0.2) is 0 Å². The van der Waals surface area contributed by atoms with Crippen molar-refractivity contribution >= 4 is 22.4 Å². The van der Waals surface area contributed by atoms with Crippen LogP contribution in [0.1, 0.15) is 18.9 Å². The molecular formula is C17H18N2O2. The van der Waals surface area contributed by atoms with E-state index in [1.165, 1.54) is 7.11 Å². The van der Waals surface area contributed by atoms with Gasteiger partial charge in [0.05, 0.1) is 18.7 Å². The molecular weight excluding hydrogens is 264 g/mol. The molecule has 0 saturated carbocycles. The largest absolute Gasteiger partial charge is 0.468 e. The van der Waals surface area contributed by atoms with Crippen LogP contribution in [0.25, 0.3) is 10.8 Å². The summed E-state index contributed by atoms with van der Waals surface area (Å²) in [7, 11) is 1.39. The van der Waals surface area contributed by atoms with Crippen molar-refractivity contribution in [2.45, 2.75) is 13.3 Å². The van der Waals surface area contributed by atoms with E-state index in [0.717, 1.165) is 29.4 Å². The third kappa shape index (κ3) is 3.14. The van der Waals surface area contributed by atoms with Crippen molar-refractivity contribution in [3.63, 3.8) is 0 Å². The lowest BCUT2D eigenvalue weighted by atomic mass is 10.0. The van der Waals surface area contributed by atoms with Gasteiger partial charge in [0, 0.05) is 23.0 Å². The number of methoxy groups -OCH3 is 1. The maximum atomic E-state index is 11.6. The molecule has 0 radical (unpaired) electrons. The van der Waals surface area contributed by atoms with Crippen molar-refractivity contribution in [3.8, 4) is 6.07 Å². The van der Waals surface area contributed by atoms with Gasteiger partial charge < -0.3 is 9.64 Å². The molecule has 2 rings (SSSR count). The SMILES string of the molecule is CCCN(CC(=O)OC)c1ccc(C#N)c2ccccc12. The van der Waals surface area contributed by atoms with Crippen molar-refractivity contribution in [2.75, 3.05) is 25.1 Å². The van der Waals surface area contributed by atoms with Gasteiger partial charge in [0.15, 0.2) is 0 Å². The van der Waals surface area contributed by atoms with Crippen LogP contribution in [0.3, 0.4) is 0 Å². The lowest BCUT2D eigenvalue weighted by Gasteiger charge is -2.24. The zero-order chi connectivity index (χ0) is 15.2. The Kier molecular flexibility index (Phi) is 4.78. The number of hydrogen-bond acceptors (Lipinski definition) is 4. The molecule has 0 N–H and O–H groups in total. The Morgan fingerprint density at radius 1 is 1.24 bits per heavy atom. The van der Waals surface area contributed by atoms with E-state index in [4.69, 9.17) is 4.74 Å². The minimum atomic E-state index is -0.267. The quantitative estimate of drug-likeness (QED) is 0.791. The summed E-state index contributed by atoms with van der Waals surface area (Å²) < 4.78 is 4.77. The molecule has 0 fully saturated rings. The summed E-state index contributed by atoms with van der Waals surface area (Å²) in [6.45, 7) is 3.03. The van der Waals surface area contributed by atoms with Gasteiger partial charge in [-0.2, -0.15) is 5.26 Å². The monoisotopic (exact) mass is 282 g/mol. The fraction of sp³-hybridized carbons (Fsp3) is 0.294. The number of carbonyl (C=O) groups is 1. The van der Waals surface area contributed by atoms with E-state index >= 15 is 0 Å². The average Bonchev–Trinajstić information content (AvgIpc) is 2.53. The summed E-state index contributed by atoms with van der Waals surface area (Å²) in [4.78, 5) is 13.6. The van der Waals surface area contributed by atoms with Crippen LogP contribution in [-0.2, 0) is 9.53 Å². The summed E-state index contributed by atoms with van der Waals surface area (Å²) >= 11 is 0. The molecule has 2 aromatic carbocycles. The van der Waals surface area contributed by atoms with E-state index < -0.39 is 0 Å². The first-order chi connectivity index (χ1) is 10.2. The number of rotatable bonds is 5. The number of ether oxygens (including phenoxy) is 1. The minimum absolute atomic E-state index is 0.209. The number of esters is 1. The smallest absolute Gasteiger partial charge is 0.325 e. The molecule has 0 atom stereocenters. The molecule has 4 nitrogen and oxygen atoms in total. The molecule has 2 aromatic rings. The van der Waals surface area contributed by atoms with Gasteiger partial charge in [0.1, 0.15) is 6.54 Å². The number of nitriles is 1. The number of fused-ring (bicyclic) bond motifs is 1. The van der Waals surface area contributed by atoms with Crippen molar-refractivity contribution in [2.24, 2.45) is 0 Å². The highest BCUT2D eigenvalue weighted by Gasteiger charge is 2.15. The standard InChI is InChI=1S/C17H18N2O2/c1-3-10-19(12-17(20)21-2)16-9-8-13(11-18)14-6-4-5-7-15(14)16/h4-9H,3,10,12H2,1-2H3. The van der Waals surface area contributed by atoms with Crippen LogP contribution in [-0.4, -0.2) is 26.2 Å². The van der Waals surface area contributed by atoms with Crippen LogP contribution in [0.4, 0.5) is 5.69 Å². The number of hydrogen-bond donors (Lipinski definition) is 0. The predicted octanol–water partition coefficient (Wildman–Crippen LogP) is 3.10. The number of anilines is 1. The Morgan fingerprint density at radius 2 is 1.95 bits per heavy atom. The zero-order valence-electron chi connectivity index (χ0n) is 12.3. The fourth-order valence-electron chi connectivity index (χ4n) is 2.43. The maximum absolute atomic E-state index is 11.6. The first kappa shape index (κ1) is 14.9. The molecule has 0 aliphatic carbocycles. The molecule has 0 aliphatic heterocycles. The highest BCUT2D eigenvalue weighted by molar-refractivity contribution is 5.98. The Morgan fingerprint density at radius 3 is 2.57 bits per heavy atom. The van der Waals surface area contributed by atoms with Crippen LogP contribution in [0.15, 0.2) is 36.4 Å². The molecule has 0 spiro atoms. The maximum Gasteiger partial charge on any atom is 0.325 e. The number of carbonyl (C=O) groups excluding carboxylic acids is 1. The minimum Gasteiger partial charge on any atom is -0.468 e. The Bertz CT molecular complexity index is 689. The topological polar surface area (TPSA) is 53.3 Å². The zero-order valence-corrected chi connectivity index (χ0v) is 12.3. The second-order valence-corrected chi connectivity index (χ2v) is 4.79. The van der Waals surface area contributed by atoms with Gasteiger partial charge in [-0.15, -0.1) is 0 Å². The summed E-state index contributed by atoms with van der Waals surface area (Å²) in [5.41, 5.74) is 1.60. The summed E-state index contributed by atoms with van der Waals surface area (Å²) in [6, 6.07) is 13.7. The van der Waals surface area contributed by atoms with Gasteiger partial charge in [-0.1, -0.05) is 31.2 Å². The molecule has 4 heteroatoms. The molecule has 108 valence electrons. The summed E-state index contributed by atoms with van der Waals surface area (Å²) in [5, 5.41) is 11.1. The predicted molar refractivity (Wildman–Crippen MR) is 83.2 cm³/mol. The highest BCUT2D eigenvalue weighted by atomic mass is 16.5. The Labute approximate surface area is 124 Å². The van der Waals surface area contributed by atoms with Gasteiger partial charge in [0.2, 0.25) is 0 Å². The van der Waals surface area contributed by atoms with Gasteiger partial charge in [-0.3, -0.25) is 4.79 Å². The molecule has 0 bridgehead atoms. The summed E-state index contributed by atoms with van der Waals surface area (Å²) in [5.74, 6) is -0.267. The van der Waals surface area contributed by atoms with Crippen LogP contribution in [0.5, 0.6) is 0 Å². The van der Waals surface area contributed by atoms with E-state index in [0.29, 0.717) is 5.56 Å². The van der Waals surface area contributed by atoms with Crippen LogP contribution in [0.2, 0.25) is 0 Å². The van der Waals surface area contributed by atoms with Crippen molar-refractivity contribution < 1.29 is 9.53 Å². The van der Waals surface area contributed by atoms with E-state index in [2.05, 4.69) is 13.0 Å². The fourth-order valence-corrected chi connectivity index (χ4v) is 2.43. The highest BCUT2D eigenvalue weighted by Crippen LogP contribution is 2.29. The molecule has 0 heterocycles. The molecule has 21 heavy (non-hydrogen) atoms. The first-order valence-corrected chi connectivity index (χ1v) is 6.94. The van der Waals surface area contributed by atoms with Crippen LogP contribution < -0.4 is 4.90 Å². The van der Waals surface area contributed by atoms with Gasteiger partial charge >= 0.3 is 5.97 Å². The van der Waals surface area contributed by atoms with Gasteiger partial charge in [0.25, 0.3) is 0 Å². The molecule has 0 saturated heterocycles. The molecule has 0 unspecified atom stereocenters. The molecule has 0 aliphatic rings. The van der Waals surface area contributed by atoms with E-state index in [1.54, 1.807) is 6.07 Å². The second-order valence-electron chi connectivity index (χ2n) is 4.79. The third-order valence-electron chi connectivity index (χ3n) is 3.40. The molecule has 0 aromatic heterocycles. The average molecular weight is 282 g/mol. The summed E-state index contributed by atoms with van der Waals surface area (Å²) in [6.07, 6.45) is 0.922. The van der Waals surface area contributed by atoms with E-state index in [-0.39, 0.29) is 12.5 Å². The third-order valence-corrected chi connectivity index (χ3v) is 3.40. The first-order valence-electron chi connectivity index (χ1n) is 6.94. The normalized spacial score (nSPS) is 10.1. The Hall–Kier alpha value is -2.54.